The first-order valence-corrected chi connectivity index (χ1v) is 7.68. The van der Waals surface area contributed by atoms with Gasteiger partial charge in [-0.05, 0) is 44.2 Å². The summed E-state index contributed by atoms with van der Waals surface area (Å²) in [6.07, 6.45) is 2.30. The Kier molecular flexibility index (Phi) is 3.27. The van der Waals surface area contributed by atoms with Crippen LogP contribution in [0.4, 0.5) is 0 Å². The maximum Gasteiger partial charge on any atom is 0.248 e. The number of benzene rings is 1. The van der Waals surface area contributed by atoms with Gasteiger partial charge in [0, 0.05) is 6.04 Å². The molecule has 0 spiro atoms. The van der Waals surface area contributed by atoms with E-state index in [1.54, 1.807) is 0 Å². The van der Waals surface area contributed by atoms with Gasteiger partial charge in [0.05, 0.1) is 0 Å². The number of hydrogen-bond donors (Lipinski definition) is 1. The van der Waals surface area contributed by atoms with Crippen LogP contribution in [-0.4, -0.2) is 34.3 Å². The molecule has 1 aromatic rings. The molecule has 1 saturated heterocycles. The quantitative estimate of drug-likeness (QED) is 0.899. The number of nitrogens with one attached hydrogen (secondary N) is 1. The van der Waals surface area contributed by atoms with E-state index < -0.39 is 11.6 Å². The van der Waals surface area contributed by atoms with Gasteiger partial charge in [0.1, 0.15) is 11.6 Å². The zero-order valence-corrected chi connectivity index (χ0v) is 12.8. The van der Waals surface area contributed by atoms with E-state index in [2.05, 4.69) is 17.4 Å². The smallest absolute Gasteiger partial charge is 0.248 e. The zero-order chi connectivity index (χ0) is 15.2. The van der Waals surface area contributed by atoms with Gasteiger partial charge >= 0.3 is 0 Å². The van der Waals surface area contributed by atoms with Gasteiger partial charge in [-0.3, -0.25) is 9.59 Å². The highest BCUT2D eigenvalue weighted by Crippen LogP contribution is 2.31. The molecule has 1 N–H and O–H groups in total. The molecule has 4 heteroatoms. The number of amides is 2. The predicted octanol–water partition coefficient (Wildman–Crippen LogP) is 1.67. The van der Waals surface area contributed by atoms with E-state index in [1.165, 1.54) is 11.1 Å². The van der Waals surface area contributed by atoms with Gasteiger partial charge in [0.25, 0.3) is 0 Å². The van der Waals surface area contributed by atoms with Crippen LogP contribution in [-0.2, 0) is 22.4 Å². The number of rotatable bonds is 2. The number of fused-ring (bicyclic) bond motifs is 1. The second-order valence-corrected chi connectivity index (χ2v) is 6.39. The van der Waals surface area contributed by atoms with Crippen LogP contribution >= 0.6 is 0 Å². The van der Waals surface area contributed by atoms with Gasteiger partial charge in [-0.2, -0.15) is 0 Å². The highest BCUT2D eigenvalue weighted by atomic mass is 16.2. The average molecular weight is 286 g/mol. The predicted molar refractivity (Wildman–Crippen MR) is 80.8 cm³/mol. The first-order valence-electron chi connectivity index (χ1n) is 7.68. The molecule has 1 aliphatic carbocycles. The Morgan fingerprint density at radius 2 is 1.81 bits per heavy atom. The lowest BCUT2D eigenvalue weighted by Crippen LogP contribution is -2.70. The van der Waals surface area contributed by atoms with Crippen molar-refractivity contribution >= 4 is 11.8 Å². The Labute approximate surface area is 125 Å². The first-order chi connectivity index (χ1) is 9.96. The van der Waals surface area contributed by atoms with Crippen LogP contribution in [0.3, 0.4) is 0 Å². The molecular weight excluding hydrogens is 264 g/mol. The summed E-state index contributed by atoms with van der Waals surface area (Å²) in [5.41, 5.74) is 1.83. The summed E-state index contributed by atoms with van der Waals surface area (Å²) in [7, 11) is 0. The summed E-state index contributed by atoms with van der Waals surface area (Å²) in [5.74, 6) is 0.00446. The molecule has 0 bridgehead atoms. The Morgan fingerprint density at radius 1 is 1.24 bits per heavy atom. The van der Waals surface area contributed by atoms with Crippen molar-refractivity contribution in [2.45, 2.75) is 57.7 Å². The van der Waals surface area contributed by atoms with E-state index >= 15 is 0 Å². The lowest BCUT2D eigenvalue weighted by atomic mass is 9.90. The molecule has 1 aromatic carbocycles. The molecule has 0 saturated carbocycles. The Balaban J connectivity index is 1.90. The van der Waals surface area contributed by atoms with Crippen LogP contribution in [0.1, 0.15) is 38.3 Å². The van der Waals surface area contributed by atoms with E-state index in [4.69, 9.17) is 0 Å². The number of carbonyl (C=O) groups is 2. The average Bonchev–Trinajstić information content (AvgIpc) is 2.89. The minimum Gasteiger partial charge on any atom is -0.340 e. The molecule has 21 heavy (non-hydrogen) atoms. The topological polar surface area (TPSA) is 49.4 Å². The van der Waals surface area contributed by atoms with E-state index in [-0.39, 0.29) is 17.9 Å². The lowest BCUT2D eigenvalue weighted by molar-refractivity contribution is -0.156. The first kappa shape index (κ1) is 14.1. The molecule has 112 valence electrons. The molecule has 1 aliphatic heterocycles. The molecule has 2 amide bonds. The van der Waals surface area contributed by atoms with Gasteiger partial charge < -0.3 is 10.2 Å². The van der Waals surface area contributed by atoms with Crippen LogP contribution in [0.2, 0.25) is 0 Å². The van der Waals surface area contributed by atoms with Crippen LogP contribution < -0.4 is 5.32 Å². The largest absolute Gasteiger partial charge is 0.340 e. The molecule has 1 heterocycles. The third-order valence-electron chi connectivity index (χ3n) is 5.03. The van der Waals surface area contributed by atoms with Crippen molar-refractivity contribution in [3.05, 3.63) is 35.4 Å². The summed E-state index contributed by atoms with van der Waals surface area (Å²) in [6, 6.07) is 8.01. The minimum absolute atomic E-state index is 0.0464. The number of nitrogens with zero attached hydrogens (tertiary/aromatic N) is 1. The fourth-order valence-corrected chi connectivity index (χ4v) is 3.47. The SMILES string of the molecule is CCC1(C)NC(=O)C(C)N(C2Cc3ccccc3C2)C1=O. The highest BCUT2D eigenvalue weighted by molar-refractivity contribution is 5.99. The van der Waals surface area contributed by atoms with Gasteiger partial charge in [-0.15, -0.1) is 0 Å². The Bertz CT molecular complexity index is 573. The summed E-state index contributed by atoms with van der Waals surface area (Å²) >= 11 is 0. The normalized spacial score (nSPS) is 29.5. The summed E-state index contributed by atoms with van der Waals surface area (Å²) in [4.78, 5) is 27.0. The van der Waals surface area contributed by atoms with Crippen LogP contribution in [0, 0.1) is 0 Å². The van der Waals surface area contributed by atoms with E-state index in [0.29, 0.717) is 6.42 Å². The van der Waals surface area contributed by atoms with Crippen molar-refractivity contribution in [1.82, 2.24) is 10.2 Å². The standard InChI is InChI=1S/C17H22N2O2/c1-4-17(3)16(21)19(11(2)15(20)18-17)14-9-12-7-5-6-8-13(12)10-14/h5-8,11,14H,4,9-10H2,1-3H3,(H,18,20). The van der Waals surface area contributed by atoms with Crippen molar-refractivity contribution < 1.29 is 9.59 Å². The minimum atomic E-state index is -0.766. The molecule has 2 aliphatic rings. The summed E-state index contributed by atoms with van der Waals surface area (Å²) < 4.78 is 0. The Morgan fingerprint density at radius 3 is 2.33 bits per heavy atom. The lowest BCUT2D eigenvalue weighted by Gasteiger charge is -2.45. The van der Waals surface area contributed by atoms with Crippen molar-refractivity contribution in [2.24, 2.45) is 0 Å². The second-order valence-electron chi connectivity index (χ2n) is 6.39. The second kappa shape index (κ2) is 4.86. The molecular formula is C17H22N2O2. The molecule has 1 fully saturated rings. The van der Waals surface area contributed by atoms with Crippen LogP contribution in [0.25, 0.3) is 0 Å². The molecule has 2 atom stereocenters. The summed E-state index contributed by atoms with van der Waals surface area (Å²) in [5, 5.41) is 2.89. The molecule has 0 aromatic heterocycles. The van der Waals surface area contributed by atoms with Crippen molar-refractivity contribution in [3.8, 4) is 0 Å². The van der Waals surface area contributed by atoms with Crippen molar-refractivity contribution in [1.29, 1.82) is 0 Å². The maximum absolute atomic E-state index is 12.9. The maximum atomic E-state index is 12.9. The summed E-state index contributed by atoms with van der Waals surface area (Å²) in [6.45, 7) is 5.59. The molecule has 4 nitrogen and oxygen atoms in total. The van der Waals surface area contributed by atoms with Gasteiger partial charge in [0.2, 0.25) is 11.8 Å². The third-order valence-corrected chi connectivity index (χ3v) is 5.03. The fraction of sp³-hybridized carbons (Fsp3) is 0.529. The fourth-order valence-electron chi connectivity index (χ4n) is 3.47. The zero-order valence-electron chi connectivity index (χ0n) is 12.8. The van der Waals surface area contributed by atoms with Crippen molar-refractivity contribution in [2.75, 3.05) is 0 Å². The monoisotopic (exact) mass is 286 g/mol. The van der Waals surface area contributed by atoms with Gasteiger partial charge in [-0.25, -0.2) is 0 Å². The van der Waals surface area contributed by atoms with Crippen molar-refractivity contribution in [3.63, 3.8) is 0 Å². The van der Waals surface area contributed by atoms with Crippen LogP contribution in [0.15, 0.2) is 24.3 Å². The van der Waals surface area contributed by atoms with Crippen LogP contribution in [0.5, 0.6) is 0 Å². The number of carbonyl (C=O) groups excluding carboxylic acids is 2. The third kappa shape index (κ3) is 2.13. The molecule has 2 unspecified atom stereocenters. The van der Waals surface area contributed by atoms with Gasteiger partial charge in [-0.1, -0.05) is 31.2 Å². The van der Waals surface area contributed by atoms with Gasteiger partial charge in [0.15, 0.2) is 0 Å². The van der Waals surface area contributed by atoms with E-state index in [1.807, 2.05) is 37.8 Å². The number of piperazine rings is 1. The Hall–Kier alpha value is -1.84. The molecule has 0 radical (unpaired) electrons. The number of hydrogen-bond acceptors (Lipinski definition) is 2. The van der Waals surface area contributed by atoms with E-state index in [0.717, 1.165) is 12.8 Å². The van der Waals surface area contributed by atoms with E-state index in [9.17, 15) is 9.59 Å². The molecule has 3 rings (SSSR count). The highest BCUT2D eigenvalue weighted by Gasteiger charge is 2.48.